The summed E-state index contributed by atoms with van der Waals surface area (Å²) in [7, 11) is 0. The van der Waals surface area contributed by atoms with Gasteiger partial charge < -0.3 is 10.5 Å². The van der Waals surface area contributed by atoms with Gasteiger partial charge in [-0.2, -0.15) is 0 Å². The number of carbonyl (C=O) groups excluding carboxylic acids is 1. The molecule has 0 aromatic carbocycles. The van der Waals surface area contributed by atoms with E-state index in [0.29, 0.717) is 12.8 Å². The molecule has 3 rings (SSSR count). The zero-order chi connectivity index (χ0) is 19.4. The predicted octanol–water partition coefficient (Wildman–Crippen LogP) is 3.20. The van der Waals surface area contributed by atoms with E-state index in [1.54, 1.807) is 24.5 Å². The van der Waals surface area contributed by atoms with Crippen LogP contribution in [0.5, 0.6) is 0 Å². The van der Waals surface area contributed by atoms with Crippen LogP contribution in [0.25, 0.3) is 0 Å². The van der Waals surface area contributed by atoms with Crippen LogP contribution in [0.15, 0.2) is 66.7 Å². The maximum Gasteiger partial charge on any atom is 0.316 e. The van der Waals surface area contributed by atoms with Gasteiger partial charge in [-0.25, -0.2) is 0 Å². The number of rotatable bonds is 7. The fraction of sp³-hybridized carbons (Fsp3) is 0.238. The number of nitrogens with zero attached hydrogens (tertiary/aromatic N) is 2. The number of carboxylic acids is 1. The molecule has 6 heteroatoms. The Labute approximate surface area is 157 Å². The molecule has 2 atom stereocenters. The molecule has 1 aromatic rings. The molecule has 1 amide bonds. The van der Waals surface area contributed by atoms with Crippen LogP contribution >= 0.6 is 0 Å². The number of nitrogens with one attached hydrogen (secondary N) is 1. The summed E-state index contributed by atoms with van der Waals surface area (Å²) in [5, 5.41) is 16.7. The average Bonchev–Trinajstić information content (AvgIpc) is 2.69. The Kier molecular flexibility index (Phi) is 5.45. The standard InChI is InChI=1S/C21H21N3O3/c1-2-14(8-9-22)15-6-7-17(23-13-15)11-16-12-18(21(26)27)20(25)24-10-4-3-5-19(16)24/h2-7,9-10,13-14,18,22H,1,8,11-12H2,(H,26,27). The van der Waals surface area contributed by atoms with E-state index in [4.69, 9.17) is 5.41 Å². The number of pyridine rings is 1. The summed E-state index contributed by atoms with van der Waals surface area (Å²) in [6, 6.07) is 3.86. The van der Waals surface area contributed by atoms with Gasteiger partial charge in [0.25, 0.3) is 0 Å². The Bertz CT molecular complexity index is 865. The van der Waals surface area contributed by atoms with Gasteiger partial charge in [0, 0.05) is 36.1 Å². The predicted molar refractivity (Wildman–Crippen MR) is 102 cm³/mol. The van der Waals surface area contributed by atoms with E-state index in [9.17, 15) is 14.7 Å². The summed E-state index contributed by atoms with van der Waals surface area (Å²) < 4.78 is 0. The zero-order valence-electron chi connectivity index (χ0n) is 14.8. The molecule has 3 heterocycles. The summed E-state index contributed by atoms with van der Waals surface area (Å²) in [6.07, 6.45) is 13.2. The first-order valence-corrected chi connectivity index (χ1v) is 8.74. The molecule has 2 aliphatic rings. The van der Waals surface area contributed by atoms with Crippen LogP contribution in [0.2, 0.25) is 0 Å². The van der Waals surface area contributed by atoms with Crippen molar-refractivity contribution in [3.63, 3.8) is 0 Å². The van der Waals surface area contributed by atoms with E-state index in [2.05, 4.69) is 11.6 Å². The van der Waals surface area contributed by atoms with Crippen molar-refractivity contribution in [1.82, 2.24) is 9.88 Å². The van der Waals surface area contributed by atoms with E-state index in [1.165, 1.54) is 11.1 Å². The quantitative estimate of drug-likeness (QED) is 0.442. The topological polar surface area (TPSA) is 94.4 Å². The van der Waals surface area contributed by atoms with E-state index in [0.717, 1.165) is 22.5 Å². The van der Waals surface area contributed by atoms with Crippen LogP contribution in [0.4, 0.5) is 0 Å². The number of aromatic nitrogens is 1. The average molecular weight is 363 g/mol. The van der Waals surface area contributed by atoms with Crippen molar-refractivity contribution in [1.29, 1.82) is 5.41 Å². The maximum atomic E-state index is 12.4. The highest BCUT2D eigenvalue weighted by atomic mass is 16.4. The van der Waals surface area contributed by atoms with Gasteiger partial charge in [-0.15, -0.1) is 6.58 Å². The van der Waals surface area contributed by atoms with Crippen molar-refractivity contribution in [3.8, 4) is 0 Å². The van der Waals surface area contributed by atoms with Crippen molar-refractivity contribution in [2.24, 2.45) is 5.92 Å². The summed E-state index contributed by atoms with van der Waals surface area (Å²) in [6.45, 7) is 3.80. The molecule has 2 aliphatic heterocycles. The van der Waals surface area contributed by atoms with E-state index < -0.39 is 17.8 Å². The second-order valence-electron chi connectivity index (χ2n) is 6.53. The van der Waals surface area contributed by atoms with E-state index in [1.807, 2.05) is 24.3 Å². The van der Waals surface area contributed by atoms with Gasteiger partial charge in [-0.1, -0.05) is 18.2 Å². The molecule has 1 aromatic heterocycles. The van der Waals surface area contributed by atoms with Gasteiger partial charge in [0.15, 0.2) is 0 Å². The summed E-state index contributed by atoms with van der Waals surface area (Å²) in [5.41, 5.74) is 3.40. The first-order valence-electron chi connectivity index (χ1n) is 8.74. The van der Waals surface area contributed by atoms with Gasteiger partial charge in [0.05, 0.1) is 0 Å². The lowest BCUT2D eigenvalue weighted by Crippen LogP contribution is -2.40. The third-order valence-electron chi connectivity index (χ3n) is 4.83. The monoisotopic (exact) mass is 363 g/mol. The molecular formula is C21H21N3O3. The molecule has 0 aliphatic carbocycles. The van der Waals surface area contributed by atoms with Crippen LogP contribution in [-0.2, 0) is 16.0 Å². The lowest BCUT2D eigenvalue weighted by atomic mass is 9.88. The fourth-order valence-electron chi connectivity index (χ4n) is 3.36. The minimum atomic E-state index is -1.11. The smallest absolute Gasteiger partial charge is 0.316 e. The number of amides is 1. The van der Waals surface area contributed by atoms with Crippen LogP contribution < -0.4 is 0 Å². The molecule has 138 valence electrons. The molecule has 0 radical (unpaired) electrons. The van der Waals surface area contributed by atoms with Gasteiger partial charge >= 0.3 is 5.97 Å². The Morgan fingerprint density at radius 3 is 2.89 bits per heavy atom. The van der Waals surface area contributed by atoms with Crippen molar-refractivity contribution >= 4 is 18.1 Å². The number of carbonyl (C=O) groups is 2. The van der Waals surface area contributed by atoms with Crippen LogP contribution in [0.1, 0.15) is 30.0 Å². The highest BCUT2D eigenvalue weighted by molar-refractivity contribution is 5.99. The fourth-order valence-corrected chi connectivity index (χ4v) is 3.36. The molecule has 0 bridgehead atoms. The zero-order valence-corrected chi connectivity index (χ0v) is 14.8. The minimum Gasteiger partial charge on any atom is -0.481 e. The highest BCUT2D eigenvalue weighted by Gasteiger charge is 2.37. The Balaban J connectivity index is 1.87. The number of hydrogen-bond acceptors (Lipinski definition) is 4. The molecule has 0 saturated heterocycles. The molecule has 27 heavy (non-hydrogen) atoms. The van der Waals surface area contributed by atoms with Crippen LogP contribution in [0, 0.1) is 11.3 Å². The van der Waals surface area contributed by atoms with Gasteiger partial charge in [0.1, 0.15) is 5.92 Å². The third-order valence-corrected chi connectivity index (χ3v) is 4.83. The molecule has 0 spiro atoms. The van der Waals surface area contributed by atoms with Gasteiger partial charge in [-0.05, 0) is 48.4 Å². The van der Waals surface area contributed by atoms with Crippen molar-refractivity contribution in [2.75, 3.05) is 0 Å². The SMILES string of the molecule is C=CC(CC=N)c1ccc(CC2=C3C=CC=CN3C(=O)C(C(=O)O)C2)nc1. The summed E-state index contributed by atoms with van der Waals surface area (Å²) in [5.74, 6) is -2.54. The number of allylic oxidation sites excluding steroid dienone is 5. The van der Waals surface area contributed by atoms with Gasteiger partial charge in [-0.3, -0.25) is 19.5 Å². The third kappa shape index (κ3) is 3.79. The minimum absolute atomic E-state index is 0.0525. The maximum absolute atomic E-state index is 12.4. The van der Waals surface area contributed by atoms with Crippen LogP contribution in [0.3, 0.4) is 0 Å². The molecule has 2 unspecified atom stereocenters. The van der Waals surface area contributed by atoms with Crippen molar-refractivity contribution in [3.05, 3.63) is 77.9 Å². The molecule has 0 fully saturated rings. The number of hydrogen-bond donors (Lipinski definition) is 2. The van der Waals surface area contributed by atoms with Crippen LogP contribution in [-0.4, -0.2) is 33.1 Å². The first kappa shape index (κ1) is 18.5. The number of fused-ring (bicyclic) bond motifs is 1. The van der Waals surface area contributed by atoms with Crippen molar-refractivity contribution in [2.45, 2.75) is 25.2 Å². The molecule has 2 N–H and O–H groups in total. The van der Waals surface area contributed by atoms with E-state index in [-0.39, 0.29) is 12.3 Å². The Morgan fingerprint density at radius 2 is 2.26 bits per heavy atom. The first-order chi connectivity index (χ1) is 13.0. The highest BCUT2D eigenvalue weighted by Crippen LogP contribution is 2.32. The normalized spacial score (nSPS) is 19.6. The second-order valence-corrected chi connectivity index (χ2v) is 6.53. The Morgan fingerprint density at radius 1 is 1.44 bits per heavy atom. The molecular weight excluding hydrogens is 342 g/mol. The second kappa shape index (κ2) is 7.95. The summed E-state index contributed by atoms with van der Waals surface area (Å²) >= 11 is 0. The molecule has 6 nitrogen and oxygen atoms in total. The summed E-state index contributed by atoms with van der Waals surface area (Å²) in [4.78, 5) is 29.8. The van der Waals surface area contributed by atoms with Gasteiger partial charge in [0.2, 0.25) is 5.91 Å². The van der Waals surface area contributed by atoms with E-state index >= 15 is 0 Å². The largest absolute Gasteiger partial charge is 0.481 e. The lowest BCUT2D eigenvalue weighted by molar-refractivity contribution is -0.149. The number of aliphatic carboxylic acids is 1. The number of carboxylic acid groups (broad SMARTS) is 1. The lowest BCUT2D eigenvalue weighted by Gasteiger charge is -2.32. The van der Waals surface area contributed by atoms with Crippen molar-refractivity contribution < 1.29 is 14.7 Å². The Hall–Kier alpha value is -3.28. The molecule has 0 saturated carbocycles.